The number of ether oxygens (including phenoxy) is 1. The molecular formula is C14H12BrCl2NO. The summed E-state index contributed by atoms with van der Waals surface area (Å²) < 4.78 is 6.84. The van der Waals surface area contributed by atoms with Gasteiger partial charge in [0.1, 0.15) is 11.9 Å². The first-order valence-corrected chi connectivity index (χ1v) is 7.22. The standard InChI is InChI=1S/C14H12BrCl2NO/c15-10-3-1-2-9(6-10)14(8-18)19-11-4-5-12(16)13(17)7-11/h1-7,14H,8,18H2. The summed E-state index contributed by atoms with van der Waals surface area (Å²) in [6.45, 7) is 0.372. The first-order valence-electron chi connectivity index (χ1n) is 5.67. The smallest absolute Gasteiger partial charge is 0.136 e. The molecule has 2 rings (SSSR count). The van der Waals surface area contributed by atoms with Gasteiger partial charge in [0.15, 0.2) is 0 Å². The van der Waals surface area contributed by atoms with Crippen molar-refractivity contribution in [1.29, 1.82) is 0 Å². The Morgan fingerprint density at radius 2 is 1.89 bits per heavy atom. The van der Waals surface area contributed by atoms with Crippen LogP contribution in [0.5, 0.6) is 5.75 Å². The minimum absolute atomic E-state index is 0.227. The number of nitrogens with two attached hydrogens (primary N) is 1. The molecule has 0 spiro atoms. The molecule has 0 aromatic heterocycles. The maximum absolute atomic E-state index is 5.96. The van der Waals surface area contributed by atoms with E-state index in [0.717, 1.165) is 10.0 Å². The van der Waals surface area contributed by atoms with E-state index in [0.29, 0.717) is 22.3 Å². The van der Waals surface area contributed by atoms with E-state index in [9.17, 15) is 0 Å². The maximum atomic E-state index is 5.96. The minimum Gasteiger partial charge on any atom is -0.484 e. The maximum Gasteiger partial charge on any atom is 0.136 e. The quantitative estimate of drug-likeness (QED) is 0.846. The van der Waals surface area contributed by atoms with Gasteiger partial charge in [-0.05, 0) is 29.8 Å². The van der Waals surface area contributed by atoms with E-state index in [2.05, 4.69) is 15.9 Å². The molecule has 2 aromatic rings. The lowest BCUT2D eigenvalue weighted by atomic mass is 10.1. The van der Waals surface area contributed by atoms with E-state index in [1.807, 2.05) is 24.3 Å². The van der Waals surface area contributed by atoms with Gasteiger partial charge >= 0.3 is 0 Å². The lowest BCUT2D eigenvalue weighted by Crippen LogP contribution is -2.18. The summed E-state index contributed by atoms with van der Waals surface area (Å²) in [7, 11) is 0. The van der Waals surface area contributed by atoms with Crippen LogP contribution >= 0.6 is 39.1 Å². The molecule has 2 nitrogen and oxygen atoms in total. The second kappa shape index (κ2) is 6.62. The van der Waals surface area contributed by atoms with Crippen molar-refractivity contribution in [2.24, 2.45) is 5.73 Å². The van der Waals surface area contributed by atoms with Crippen LogP contribution < -0.4 is 10.5 Å². The predicted octanol–water partition coefficient (Wildman–Crippen LogP) is 4.83. The lowest BCUT2D eigenvalue weighted by Gasteiger charge is -2.18. The average molecular weight is 361 g/mol. The van der Waals surface area contributed by atoms with Crippen LogP contribution in [0.1, 0.15) is 11.7 Å². The van der Waals surface area contributed by atoms with Crippen LogP contribution in [0, 0.1) is 0 Å². The Bertz CT molecular complexity index is 577. The largest absolute Gasteiger partial charge is 0.484 e. The Morgan fingerprint density at radius 3 is 2.53 bits per heavy atom. The third-order valence-electron chi connectivity index (χ3n) is 2.60. The van der Waals surface area contributed by atoms with Gasteiger partial charge in [0.05, 0.1) is 10.0 Å². The molecule has 1 atom stereocenters. The van der Waals surface area contributed by atoms with Crippen molar-refractivity contribution >= 4 is 39.1 Å². The van der Waals surface area contributed by atoms with Gasteiger partial charge in [-0.2, -0.15) is 0 Å². The normalized spacial score (nSPS) is 12.2. The van der Waals surface area contributed by atoms with Crippen LogP contribution in [0.25, 0.3) is 0 Å². The van der Waals surface area contributed by atoms with E-state index in [1.165, 1.54) is 0 Å². The van der Waals surface area contributed by atoms with Gasteiger partial charge in [-0.25, -0.2) is 0 Å². The molecule has 2 N–H and O–H groups in total. The van der Waals surface area contributed by atoms with Crippen LogP contribution in [0.4, 0.5) is 0 Å². The Balaban J connectivity index is 2.21. The molecule has 0 aliphatic heterocycles. The molecule has 0 radical (unpaired) electrons. The summed E-state index contributed by atoms with van der Waals surface area (Å²) in [5.41, 5.74) is 6.77. The van der Waals surface area contributed by atoms with Crippen LogP contribution in [-0.4, -0.2) is 6.54 Å². The van der Waals surface area contributed by atoms with E-state index >= 15 is 0 Å². The summed E-state index contributed by atoms with van der Waals surface area (Å²) in [6.07, 6.45) is -0.227. The average Bonchev–Trinajstić information content (AvgIpc) is 2.40. The van der Waals surface area contributed by atoms with Crippen molar-refractivity contribution in [2.45, 2.75) is 6.10 Å². The highest BCUT2D eigenvalue weighted by molar-refractivity contribution is 9.10. The third kappa shape index (κ3) is 3.86. The fraction of sp³-hybridized carbons (Fsp3) is 0.143. The number of rotatable bonds is 4. The van der Waals surface area contributed by atoms with Crippen molar-refractivity contribution in [1.82, 2.24) is 0 Å². The fourth-order valence-corrected chi connectivity index (χ4v) is 2.38. The number of hydrogen-bond donors (Lipinski definition) is 1. The lowest BCUT2D eigenvalue weighted by molar-refractivity contribution is 0.214. The molecule has 0 aliphatic carbocycles. The van der Waals surface area contributed by atoms with E-state index in [4.69, 9.17) is 33.7 Å². The molecule has 0 bridgehead atoms. The van der Waals surface area contributed by atoms with Crippen molar-refractivity contribution in [3.05, 3.63) is 62.5 Å². The highest BCUT2D eigenvalue weighted by Gasteiger charge is 2.12. The van der Waals surface area contributed by atoms with Crippen LogP contribution in [0.2, 0.25) is 10.0 Å². The van der Waals surface area contributed by atoms with E-state index < -0.39 is 0 Å². The highest BCUT2D eigenvalue weighted by Crippen LogP contribution is 2.29. The highest BCUT2D eigenvalue weighted by atomic mass is 79.9. The fourth-order valence-electron chi connectivity index (χ4n) is 1.67. The number of halogens is 3. The van der Waals surface area contributed by atoms with Crippen LogP contribution in [0.3, 0.4) is 0 Å². The molecule has 0 saturated heterocycles. The Morgan fingerprint density at radius 1 is 1.11 bits per heavy atom. The third-order valence-corrected chi connectivity index (χ3v) is 3.84. The Kier molecular flexibility index (Phi) is 5.11. The molecule has 5 heteroatoms. The predicted molar refractivity (Wildman–Crippen MR) is 83.0 cm³/mol. The second-order valence-electron chi connectivity index (χ2n) is 3.97. The molecule has 2 aromatic carbocycles. The van der Waals surface area contributed by atoms with Gasteiger partial charge in [-0.1, -0.05) is 51.3 Å². The summed E-state index contributed by atoms with van der Waals surface area (Å²) in [5, 5.41) is 0.963. The van der Waals surface area contributed by atoms with Gasteiger partial charge in [-0.3, -0.25) is 0 Å². The monoisotopic (exact) mass is 359 g/mol. The van der Waals surface area contributed by atoms with Crippen molar-refractivity contribution < 1.29 is 4.74 Å². The van der Waals surface area contributed by atoms with Crippen molar-refractivity contribution in [2.75, 3.05) is 6.54 Å². The Labute approximate surface area is 130 Å². The molecule has 100 valence electrons. The van der Waals surface area contributed by atoms with Gasteiger partial charge in [0, 0.05) is 17.1 Å². The second-order valence-corrected chi connectivity index (χ2v) is 5.70. The zero-order chi connectivity index (χ0) is 13.8. The summed E-state index contributed by atoms with van der Waals surface area (Å²) in [4.78, 5) is 0. The topological polar surface area (TPSA) is 35.2 Å². The molecule has 1 unspecified atom stereocenters. The molecule has 0 amide bonds. The number of benzene rings is 2. The molecule has 0 fully saturated rings. The van der Waals surface area contributed by atoms with E-state index in [-0.39, 0.29) is 6.10 Å². The molecule has 0 aliphatic rings. The zero-order valence-corrected chi connectivity index (χ0v) is 13.0. The van der Waals surface area contributed by atoms with Gasteiger partial charge in [0.2, 0.25) is 0 Å². The molecule has 0 saturated carbocycles. The summed E-state index contributed by atoms with van der Waals surface area (Å²) >= 11 is 15.3. The Hall–Kier alpha value is -0.740. The molecular weight excluding hydrogens is 349 g/mol. The SMILES string of the molecule is NCC(Oc1ccc(Cl)c(Cl)c1)c1cccc(Br)c1. The number of hydrogen-bond acceptors (Lipinski definition) is 2. The van der Waals surface area contributed by atoms with Crippen LogP contribution in [-0.2, 0) is 0 Å². The first kappa shape index (κ1) is 14.7. The minimum atomic E-state index is -0.227. The summed E-state index contributed by atoms with van der Waals surface area (Å²) in [6, 6.07) is 13.0. The first-order chi connectivity index (χ1) is 9.10. The van der Waals surface area contributed by atoms with Gasteiger partial charge in [-0.15, -0.1) is 0 Å². The van der Waals surface area contributed by atoms with Crippen molar-refractivity contribution in [3.8, 4) is 5.75 Å². The van der Waals surface area contributed by atoms with Gasteiger partial charge in [0.25, 0.3) is 0 Å². The molecule has 0 heterocycles. The van der Waals surface area contributed by atoms with Gasteiger partial charge < -0.3 is 10.5 Å². The molecule has 19 heavy (non-hydrogen) atoms. The summed E-state index contributed by atoms with van der Waals surface area (Å²) in [5.74, 6) is 0.643. The van der Waals surface area contributed by atoms with Crippen LogP contribution in [0.15, 0.2) is 46.9 Å². The van der Waals surface area contributed by atoms with Crippen molar-refractivity contribution in [3.63, 3.8) is 0 Å². The van der Waals surface area contributed by atoms with E-state index in [1.54, 1.807) is 18.2 Å². The zero-order valence-electron chi connectivity index (χ0n) is 9.95.